The molecule has 0 aromatic rings. The molecule has 0 fully saturated rings. The van der Waals surface area contributed by atoms with Gasteiger partial charge in [-0.1, -0.05) is 378 Å². The molecule has 2 unspecified atom stereocenters. The lowest BCUT2D eigenvalue weighted by Crippen LogP contribution is -2.45. The van der Waals surface area contributed by atoms with Crippen LogP contribution >= 0.6 is 0 Å². The molecule has 83 heavy (non-hydrogen) atoms. The van der Waals surface area contributed by atoms with E-state index in [0.29, 0.717) is 19.4 Å². The van der Waals surface area contributed by atoms with Crippen molar-refractivity contribution >= 4 is 11.9 Å². The van der Waals surface area contributed by atoms with Gasteiger partial charge in [0.1, 0.15) is 0 Å². The van der Waals surface area contributed by atoms with Gasteiger partial charge in [0.15, 0.2) is 0 Å². The minimum atomic E-state index is -0.840. The molecule has 0 aromatic heterocycles. The molecule has 0 aromatic carbocycles. The number of hydrogen-bond donors (Lipinski definition) is 3. The van der Waals surface area contributed by atoms with E-state index in [1.54, 1.807) is 6.08 Å². The topological polar surface area (TPSA) is 95.9 Å². The van der Waals surface area contributed by atoms with Crippen molar-refractivity contribution in [3.63, 3.8) is 0 Å². The van der Waals surface area contributed by atoms with Crippen LogP contribution in [0.15, 0.2) is 36.5 Å². The predicted octanol–water partition coefficient (Wildman–Crippen LogP) is 24.7. The molecule has 2 atom stereocenters. The van der Waals surface area contributed by atoms with Gasteiger partial charge in [0, 0.05) is 12.8 Å². The van der Waals surface area contributed by atoms with Crippen LogP contribution in [0.2, 0.25) is 0 Å². The molecule has 0 aliphatic heterocycles. The lowest BCUT2D eigenvalue weighted by molar-refractivity contribution is -0.143. The molecular formula is C77H147NO5. The highest BCUT2D eigenvalue weighted by Gasteiger charge is 2.18. The van der Waals surface area contributed by atoms with E-state index < -0.39 is 12.1 Å². The van der Waals surface area contributed by atoms with E-state index >= 15 is 0 Å². The Bertz CT molecular complexity index is 1340. The third-order valence-corrected chi connectivity index (χ3v) is 17.7. The highest BCUT2D eigenvalue weighted by molar-refractivity contribution is 5.76. The number of nitrogens with one attached hydrogen (secondary N) is 1. The summed E-state index contributed by atoms with van der Waals surface area (Å²) in [5.41, 5.74) is 0. The van der Waals surface area contributed by atoms with Crippen molar-refractivity contribution in [3.05, 3.63) is 36.5 Å². The van der Waals surface area contributed by atoms with Crippen LogP contribution < -0.4 is 5.32 Å². The molecular weight excluding hydrogens is 1020 g/mol. The van der Waals surface area contributed by atoms with E-state index in [1.165, 1.54) is 340 Å². The number of aliphatic hydroxyl groups is 2. The van der Waals surface area contributed by atoms with Crippen molar-refractivity contribution < 1.29 is 24.5 Å². The van der Waals surface area contributed by atoms with E-state index in [0.717, 1.165) is 51.4 Å². The number of esters is 1. The number of allylic oxidation sites excluding steroid dienone is 5. The van der Waals surface area contributed by atoms with E-state index in [-0.39, 0.29) is 18.5 Å². The molecule has 0 saturated carbocycles. The SMILES string of the molecule is CCCCC/C=C\C/C=C\CCCCCCCC(=O)OCCCCCCCCCCCCCCCCCCCCCCCCCCCCCCCCCCCCCCCC(=O)NC(CO)C(O)/C=C/CCCCCCCCCCCCCC. The van der Waals surface area contributed by atoms with Crippen molar-refractivity contribution in [2.24, 2.45) is 0 Å². The van der Waals surface area contributed by atoms with E-state index in [4.69, 9.17) is 4.74 Å². The normalized spacial score (nSPS) is 12.7. The first-order valence-corrected chi connectivity index (χ1v) is 37.8. The Labute approximate surface area is 519 Å². The maximum absolute atomic E-state index is 12.5. The van der Waals surface area contributed by atoms with Gasteiger partial charge < -0.3 is 20.3 Å². The Hall–Kier alpha value is -1.92. The summed E-state index contributed by atoms with van der Waals surface area (Å²) >= 11 is 0. The average Bonchev–Trinajstić information content (AvgIpc) is 3.49. The highest BCUT2D eigenvalue weighted by atomic mass is 16.5. The van der Waals surface area contributed by atoms with Gasteiger partial charge in [-0.05, 0) is 64.2 Å². The zero-order valence-electron chi connectivity index (χ0n) is 56.2. The molecule has 1 amide bonds. The average molecular weight is 1170 g/mol. The molecule has 0 radical (unpaired) electrons. The molecule has 490 valence electrons. The summed E-state index contributed by atoms with van der Waals surface area (Å²) in [7, 11) is 0. The van der Waals surface area contributed by atoms with Gasteiger partial charge in [0.05, 0.1) is 25.4 Å². The second-order valence-corrected chi connectivity index (χ2v) is 26.0. The Kier molecular flexibility index (Phi) is 70.9. The standard InChI is InChI=1S/C77H147NO5/c1-3-5-7-9-11-13-15-17-42-47-51-55-59-63-67-71-77(82)83-72-68-64-60-56-52-48-44-41-39-37-35-33-31-29-27-25-23-21-19-20-22-24-26-28-30-32-34-36-38-40-43-46-50-54-58-62-66-70-76(81)78-74(73-79)75(80)69-65-61-57-53-49-45-18-16-14-12-10-8-6-4-2/h11,13,17,42,65,69,74-75,79-80H,3-10,12,14-16,18-41,43-64,66-68,70-73H2,1-2H3,(H,78,81)/b13-11-,42-17-,69-65+. The Morgan fingerprint density at radius 2 is 0.602 bits per heavy atom. The van der Waals surface area contributed by atoms with Gasteiger partial charge in [0.25, 0.3) is 0 Å². The van der Waals surface area contributed by atoms with Crippen molar-refractivity contribution in [3.8, 4) is 0 Å². The summed E-state index contributed by atoms with van der Waals surface area (Å²) in [4.78, 5) is 24.6. The monoisotopic (exact) mass is 1170 g/mol. The van der Waals surface area contributed by atoms with Gasteiger partial charge in [-0.25, -0.2) is 0 Å². The number of unbranched alkanes of at least 4 members (excludes halogenated alkanes) is 56. The first-order chi connectivity index (χ1) is 41.0. The Morgan fingerprint density at radius 3 is 0.940 bits per heavy atom. The summed E-state index contributed by atoms with van der Waals surface area (Å²) in [6.07, 6.45) is 94.1. The van der Waals surface area contributed by atoms with Crippen LogP contribution in [-0.4, -0.2) is 47.4 Å². The smallest absolute Gasteiger partial charge is 0.305 e. The Balaban J connectivity index is 3.30. The molecule has 6 nitrogen and oxygen atoms in total. The van der Waals surface area contributed by atoms with Crippen LogP contribution in [0.5, 0.6) is 0 Å². The quantitative estimate of drug-likeness (QED) is 0.0320. The van der Waals surface area contributed by atoms with Crippen molar-refractivity contribution in [1.29, 1.82) is 0 Å². The Morgan fingerprint density at radius 1 is 0.337 bits per heavy atom. The van der Waals surface area contributed by atoms with E-state index in [1.807, 2.05) is 6.08 Å². The van der Waals surface area contributed by atoms with Crippen molar-refractivity contribution in [2.45, 2.75) is 431 Å². The maximum Gasteiger partial charge on any atom is 0.305 e. The lowest BCUT2D eigenvalue weighted by Gasteiger charge is -2.20. The van der Waals surface area contributed by atoms with E-state index in [9.17, 15) is 19.8 Å². The fourth-order valence-electron chi connectivity index (χ4n) is 11.9. The number of amides is 1. The lowest BCUT2D eigenvalue weighted by atomic mass is 10.0. The van der Waals surface area contributed by atoms with Crippen molar-refractivity contribution in [1.82, 2.24) is 5.32 Å². The highest BCUT2D eigenvalue weighted by Crippen LogP contribution is 2.19. The molecule has 3 N–H and O–H groups in total. The molecule has 0 aliphatic carbocycles. The van der Waals surface area contributed by atoms with Crippen LogP contribution in [0.25, 0.3) is 0 Å². The summed E-state index contributed by atoms with van der Waals surface area (Å²) in [5, 5.41) is 23.2. The number of rotatable bonds is 71. The number of ether oxygens (including phenoxy) is 1. The second kappa shape index (κ2) is 72.6. The zero-order chi connectivity index (χ0) is 59.9. The van der Waals surface area contributed by atoms with Crippen LogP contribution in [-0.2, 0) is 14.3 Å². The number of hydrogen-bond acceptors (Lipinski definition) is 5. The van der Waals surface area contributed by atoms with Crippen molar-refractivity contribution in [2.75, 3.05) is 13.2 Å². The summed E-state index contributed by atoms with van der Waals surface area (Å²) in [6, 6.07) is -0.623. The summed E-state index contributed by atoms with van der Waals surface area (Å²) in [6.45, 7) is 4.90. The molecule has 0 heterocycles. The van der Waals surface area contributed by atoms with Crippen LogP contribution in [0.4, 0.5) is 0 Å². The van der Waals surface area contributed by atoms with Gasteiger partial charge in [0.2, 0.25) is 5.91 Å². The summed E-state index contributed by atoms with van der Waals surface area (Å²) < 4.78 is 5.49. The molecule has 0 aliphatic rings. The van der Waals surface area contributed by atoms with Crippen LogP contribution in [0, 0.1) is 0 Å². The number of aliphatic hydroxyl groups excluding tert-OH is 2. The largest absolute Gasteiger partial charge is 0.466 e. The zero-order valence-corrected chi connectivity index (χ0v) is 56.2. The fourth-order valence-corrected chi connectivity index (χ4v) is 11.9. The van der Waals surface area contributed by atoms with Gasteiger partial charge in [-0.2, -0.15) is 0 Å². The minimum Gasteiger partial charge on any atom is -0.466 e. The van der Waals surface area contributed by atoms with E-state index in [2.05, 4.69) is 43.5 Å². The van der Waals surface area contributed by atoms with Gasteiger partial charge in [-0.15, -0.1) is 0 Å². The molecule has 0 spiro atoms. The molecule has 6 heteroatoms. The fraction of sp³-hybridized carbons (Fsp3) is 0.896. The summed E-state index contributed by atoms with van der Waals surface area (Å²) in [5.74, 6) is -0.0506. The first-order valence-electron chi connectivity index (χ1n) is 37.8. The predicted molar refractivity (Wildman–Crippen MR) is 366 cm³/mol. The molecule has 0 rings (SSSR count). The number of carbonyl (C=O) groups is 2. The van der Waals surface area contributed by atoms with Crippen LogP contribution in [0.1, 0.15) is 418 Å². The third kappa shape index (κ3) is 69.1. The maximum atomic E-state index is 12.5. The first kappa shape index (κ1) is 81.1. The van der Waals surface area contributed by atoms with Crippen LogP contribution in [0.3, 0.4) is 0 Å². The molecule has 0 bridgehead atoms. The molecule has 0 saturated heterocycles. The third-order valence-electron chi connectivity index (χ3n) is 17.7. The number of carbonyl (C=O) groups excluding carboxylic acids is 2. The second-order valence-electron chi connectivity index (χ2n) is 26.0. The van der Waals surface area contributed by atoms with Gasteiger partial charge in [-0.3, -0.25) is 9.59 Å². The minimum absolute atomic E-state index is 0.00949. The van der Waals surface area contributed by atoms with Gasteiger partial charge >= 0.3 is 5.97 Å².